The van der Waals surface area contributed by atoms with Gasteiger partial charge >= 0.3 is 5.97 Å². The van der Waals surface area contributed by atoms with Gasteiger partial charge in [0.2, 0.25) is 0 Å². The van der Waals surface area contributed by atoms with E-state index in [1.54, 1.807) is 12.2 Å². The van der Waals surface area contributed by atoms with Crippen molar-refractivity contribution >= 4 is 18.6 Å². The van der Waals surface area contributed by atoms with Crippen molar-refractivity contribution in [3.63, 3.8) is 0 Å². The van der Waals surface area contributed by atoms with E-state index >= 15 is 0 Å². The van der Waals surface area contributed by atoms with Gasteiger partial charge in [-0.05, 0) is 0 Å². The summed E-state index contributed by atoms with van der Waals surface area (Å²) in [4.78, 5) is 11.0. The van der Waals surface area contributed by atoms with Crippen molar-refractivity contribution in [1.29, 1.82) is 0 Å². The minimum absolute atomic E-state index is 0.171. The Morgan fingerprint density at radius 3 is 2.64 bits per heavy atom. The number of hydrogen-bond donors (Lipinski definition) is 1. The second-order valence-electron chi connectivity index (χ2n) is 2.19. The molecule has 11 heavy (non-hydrogen) atoms. The second kappa shape index (κ2) is 4.23. The summed E-state index contributed by atoms with van der Waals surface area (Å²) in [6.45, 7) is 0.389. The minimum atomic E-state index is -0.191. The molecular weight excluding hydrogens is 160 g/mol. The molecule has 1 rings (SSSR count). The van der Waals surface area contributed by atoms with Gasteiger partial charge in [0.1, 0.15) is 6.61 Å². The first-order chi connectivity index (χ1) is 5.34. The molecule has 0 N–H and O–H groups in total. The molecule has 0 unspecified atom stereocenters. The summed E-state index contributed by atoms with van der Waals surface area (Å²) in [5.74, 6) is 0.213. The number of thiol groups is 1. The SMILES string of the molecule is O=C(OCCS)C1C=CC=C1. The lowest BCUT2D eigenvalue weighted by Crippen LogP contribution is -2.13. The molecule has 0 atom stereocenters. The molecular formula is C8H10O2S. The van der Waals surface area contributed by atoms with Gasteiger partial charge in [-0.25, -0.2) is 0 Å². The quantitative estimate of drug-likeness (QED) is 0.509. The predicted octanol–water partition coefficient (Wildman–Crippen LogP) is 1.20. The molecule has 3 heteroatoms. The maximum atomic E-state index is 11.0. The van der Waals surface area contributed by atoms with Gasteiger partial charge in [0.15, 0.2) is 0 Å². The molecule has 0 saturated heterocycles. The first-order valence-electron chi connectivity index (χ1n) is 3.47. The average molecular weight is 170 g/mol. The minimum Gasteiger partial charge on any atom is -0.464 e. The summed E-state index contributed by atoms with van der Waals surface area (Å²) in [5, 5.41) is 0. The lowest BCUT2D eigenvalue weighted by Gasteiger charge is -2.04. The van der Waals surface area contributed by atoms with E-state index in [1.807, 2.05) is 12.2 Å². The Morgan fingerprint density at radius 1 is 1.45 bits per heavy atom. The third-order valence-corrected chi connectivity index (χ3v) is 1.54. The molecule has 0 radical (unpaired) electrons. The van der Waals surface area contributed by atoms with Crippen LogP contribution in [0.5, 0.6) is 0 Å². The Bertz CT molecular complexity index is 184. The van der Waals surface area contributed by atoms with Crippen LogP contribution < -0.4 is 0 Å². The number of rotatable bonds is 3. The number of hydrogen-bond acceptors (Lipinski definition) is 3. The summed E-state index contributed by atoms with van der Waals surface area (Å²) >= 11 is 3.92. The Hall–Kier alpha value is -0.700. The fourth-order valence-electron chi connectivity index (χ4n) is 0.831. The van der Waals surface area contributed by atoms with Crippen LogP contribution >= 0.6 is 12.6 Å². The maximum absolute atomic E-state index is 11.0. The van der Waals surface area contributed by atoms with E-state index in [-0.39, 0.29) is 11.9 Å². The lowest BCUT2D eigenvalue weighted by molar-refractivity contribution is -0.144. The smallest absolute Gasteiger partial charge is 0.316 e. The second-order valence-corrected chi connectivity index (χ2v) is 2.63. The van der Waals surface area contributed by atoms with E-state index in [2.05, 4.69) is 12.6 Å². The molecule has 0 spiro atoms. The van der Waals surface area contributed by atoms with Gasteiger partial charge in [-0.3, -0.25) is 4.79 Å². The summed E-state index contributed by atoms with van der Waals surface area (Å²) < 4.78 is 4.86. The van der Waals surface area contributed by atoms with Gasteiger partial charge in [0.05, 0.1) is 5.92 Å². The van der Waals surface area contributed by atoms with Crippen LogP contribution in [-0.4, -0.2) is 18.3 Å². The predicted molar refractivity (Wildman–Crippen MR) is 46.6 cm³/mol. The summed E-state index contributed by atoms with van der Waals surface area (Å²) in [6.07, 6.45) is 7.29. The largest absolute Gasteiger partial charge is 0.464 e. The molecule has 1 aliphatic carbocycles. The van der Waals surface area contributed by atoms with E-state index in [0.717, 1.165) is 0 Å². The van der Waals surface area contributed by atoms with Crippen LogP contribution in [0.3, 0.4) is 0 Å². The van der Waals surface area contributed by atoms with Crippen LogP contribution in [0.4, 0.5) is 0 Å². The van der Waals surface area contributed by atoms with Crippen LogP contribution in [0.25, 0.3) is 0 Å². The Morgan fingerprint density at radius 2 is 2.09 bits per heavy atom. The van der Waals surface area contributed by atoms with E-state index in [0.29, 0.717) is 12.4 Å². The zero-order valence-electron chi connectivity index (χ0n) is 6.06. The number of esters is 1. The van der Waals surface area contributed by atoms with Crippen molar-refractivity contribution in [3.05, 3.63) is 24.3 Å². The van der Waals surface area contributed by atoms with E-state index in [9.17, 15) is 4.79 Å². The van der Waals surface area contributed by atoms with Crippen molar-refractivity contribution in [2.24, 2.45) is 5.92 Å². The lowest BCUT2D eigenvalue weighted by atomic mass is 10.2. The van der Waals surface area contributed by atoms with E-state index < -0.39 is 0 Å². The summed E-state index contributed by atoms with van der Waals surface area (Å²) in [5.41, 5.74) is 0. The standard InChI is InChI=1S/C8H10O2S/c9-8(10-5-6-11)7-3-1-2-4-7/h1-4,7,11H,5-6H2. The highest BCUT2D eigenvalue weighted by Gasteiger charge is 2.14. The van der Waals surface area contributed by atoms with E-state index in [1.165, 1.54) is 0 Å². The highest BCUT2D eigenvalue weighted by Crippen LogP contribution is 2.10. The normalized spacial score (nSPS) is 15.7. The zero-order chi connectivity index (χ0) is 8.10. The molecule has 0 heterocycles. The zero-order valence-corrected chi connectivity index (χ0v) is 6.96. The van der Waals surface area contributed by atoms with Crippen LogP contribution in [-0.2, 0) is 9.53 Å². The van der Waals surface area contributed by atoms with Crippen LogP contribution in [0.15, 0.2) is 24.3 Å². The highest BCUT2D eigenvalue weighted by molar-refractivity contribution is 7.80. The first-order valence-corrected chi connectivity index (χ1v) is 4.10. The molecule has 0 aromatic carbocycles. The Labute approximate surface area is 71.3 Å². The first kappa shape index (κ1) is 8.40. The summed E-state index contributed by atoms with van der Waals surface area (Å²) in [6, 6.07) is 0. The van der Waals surface area contributed by atoms with Crippen LogP contribution in [0.2, 0.25) is 0 Å². The number of carbonyl (C=O) groups excluding carboxylic acids is 1. The highest BCUT2D eigenvalue weighted by atomic mass is 32.1. The molecule has 0 aromatic heterocycles. The van der Waals surface area contributed by atoms with Gasteiger partial charge in [0.25, 0.3) is 0 Å². The molecule has 2 nitrogen and oxygen atoms in total. The molecule has 0 bridgehead atoms. The van der Waals surface area contributed by atoms with Crippen LogP contribution in [0.1, 0.15) is 0 Å². The molecule has 0 amide bonds. The van der Waals surface area contributed by atoms with Crippen molar-refractivity contribution < 1.29 is 9.53 Å². The van der Waals surface area contributed by atoms with Gasteiger partial charge < -0.3 is 4.74 Å². The van der Waals surface area contributed by atoms with Crippen molar-refractivity contribution in [2.45, 2.75) is 0 Å². The third-order valence-electron chi connectivity index (χ3n) is 1.36. The Balaban J connectivity index is 2.30. The van der Waals surface area contributed by atoms with Crippen LogP contribution in [0, 0.1) is 5.92 Å². The Kier molecular flexibility index (Phi) is 3.23. The van der Waals surface area contributed by atoms with Crippen molar-refractivity contribution in [1.82, 2.24) is 0 Å². The number of carbonyl (C=O) groups is 1. The number of allylic oxidation sites excluding steroid dienone is 2. The van der Waals surface area contributed by atoms with Gasteiger partial charge in [0, 0.05) is 5.75 Å². The molecule has 0 saturated carbocycles. The molecule has 1 aliphatic rings. The fourth-order valence-corrected chi connectivity index (χ4v) is 0.923. The summed E-state index contributed by atoms with van der Waals surface area (Å²) in [7, 11) is 0. The molecule has 0 aliphatic heterocycles. The van der Waals surface area contributed by atoms with Crippen molar-refractivity contribution in [3.8, 4) is 0 Å². The molecule has 0 aromatic rings. The average Bonchev–Trinajstić information content (AvgIpc) is 2.52. The molecule has 60 valence electrons. The van der Waals surface area contributed by atoms with Gasteiger partial charge in [-0.2, -0.15) is 12.6 Å². The number of ether oxygens (including phenoxy) is 1. The topological polar surface area (TPSA) is 26.3 Å². The maximum Gasteiger partial charge on any atom is 0.316 e. The van der Waals surface area contributed by atoms with Crippen molar-refractivity contribution in [2.75, 3.05) is 12.4 Å². The third kappa shape index (κ3) is 2.42. The van der Waals surface area contributed by atoms with E-state index in [4.69, 9.17) is 4.74 Å². The fraction of sp³-hybridized carbons (Fsp3) is 0.375. The molecule has 0 fully saturated rings. The van der Waals surface area contributed by atoms with Gasteiger partial charge in [-0.1, -0.05) is 24.3 Å². The van der Waals surface area contributed by atoms with Gasteiger partial charge in [-0.15, -0.1) is 0 Å². The monoisotopic (exact) mass is 170 g/mol.